The molecular weight excluding hydrogens is 358 g/mol. The van der Waals surface area contributed by atoms with Gasteiger partial charge in [-0.2, -0.15) is 26.3 Å². The Morgan fingerprint density at radius 2 is 1.62 bits per heavy atom. The average Bonchev–Trinajstić information content (AvgIpc) is 2.47. The van der Waals surface area contributed by atoms with Crippen molar-refractivity contribution in [3.8, 4) is 0 Å². The monoisotopic (exact) mass is 374 g/mol. The summed E-state index contributed by atoms with van der Waals surface area (Å²) in [6.07, 6.45) is -8.17. The second kappa shape index (κ2) is 7.76. The zero-order valence-corrected chi connectivity index (χ0v) is 13.4. The van der Waals surface area contributed by atoms with Crippen LogP contribution in [0.25, 0.3) is 0 Å². The van der Waals surface area contributed by atoms with Gasteiger partial charge < -0.3 is 5.32 Å². The van der Waals surface area contributed by atoms with E-state index in [9.17, 15) is 26.3 Å². The first-order valence-electron chi connectivity index (χ1n) is 7.00. The lowest BCUT2D eigenvalue weighted by Gasteiger charge is -2.34. The summed E-state index contributed by atoms with van der Waals surface area (Å²) < 4.78 is 78.2. The Bertz CT molecular complexity index is 564. The fourth-order valence-electron chi connectivity index (χ4n) is 2.67. The molecule has 0 bridgehead atoms. The Morgan fingerprint density at radius 3 is 2.08 bits per heavy atom. The molecule has 1 heterocycles. The maximum Gasteiger partial charge on any atom is 0.416 e. The molecule has 1 aliphatic rings. The third-order valence-electron chi connectivity index (χ3n) is 3.77. The molecule has 1 saturated heterocycles. The van der Waals surface area contributed by atoms with Crippen LogP contribution in [0.1, 0.15) is 22.7 Å². The van der Waals surface area contributed by atoms with E-state index in [2.05, 4.69) is 11.9 Å². The first kappa shape index (κ1) is 20.8. The van der Waals surface area contributed by atoms with Gasteiger partial charge in [-0.1, -0.05) is 6.08 Å². The van der Waals surface area contributed by atoms with Crippen LogP contribution in [0.15, 0.2) is 30.9 Å². The third-order valence-corrected chi connectivity index (χ3v) is 3.77. The lowest BCUT2D eigenvalue weighted by atomic mass is 9.95. The summed E-state index contributed by atoms with van der Waals surface area (Å²) in [5.41, 5.74) is -2.57. The molecule has 2 nitrogen and oxygen atoms in total. The van der Waals surface area contributed by atoms with Crippen molar-refractivity contribution >= 4 is 12.4 Å². The molecule has 0 spiro atoms. The molecule has 1 aliphatic heterocycles. The van der Waals surface area contributed by atoms with Crippen molar-refractivity contribution in [2.45, 2.75) is 18.4 Å². The molecule has 1 atom stereocenters. The van der Waals surface area contributed by atoms with Crippen LogP contribution in [-0.4, -0.2) is 31.1 Å². The van der Waals surface area contributed by atoms with Crippen molar-refractivity contribution in [2.75, 3.05) is 26.2 Å². The average molecular weight is 375 g/mol. The molecule has 0 aliphatic carbocycles. The van der Waals surface area contributed by atoms with E-state index in [0.29, 0.717) is 44.4 Å². The van der Waals surface area contributed by atoms with Crippen LogP contribution in [0.5, 0.6) is 0 Å². The lowest BCUT2D eigenvalue weighted by molar-refractivity contribution is -0.142. The zero-order valence-electron chi connectivity index (χ0n) is 12.5. The van der Waals surface area contributed by atoms with Crippen molar-refractivity contribution in [2.24, 2.45) is 0 Å². The minimum absolute atomic E-state index is 0. The maximum atomic E-state index is 13.2. The summed E-state index contributed by atoms with van der Waals surface area (Å²) in [5.74, 6) is 0. The maximum absolute atomic E-state index is 13.2. The Labute approximate surface area is 141 Å². The molecule has 9 heteroatoms. The minimum atomic E-state index is -4.73. The van der Waals surface area contributed by atoms with Crippen molar-refractivity contribution in [1.82, 2.24) is 10.2 Å². The highest BCUT2D eigenvalue weighted by Crippen LogP contribution is 2.40. The molecule has 1 aromatic rings. The predicted molar refractivity (Wildman–Crippen MR) is 81.1 cm³/mol. The SMILES string of the molecule is C=C[C@H](c1cc(C(F)(F)F)ccc1C(F)(F)F)N1CCNCC1.Cl. The number of rotatable bonds is 3. The molecule has 0 aromatic heterocycles. The summed E-state index contributed by atoms with van der Waals surface area (Å²) in [6, 6.07) is 0.620. The molecular formula is C15H17ClF6N2. The summed E-state index contributed by atoms with van der Waals surface area (Å²) in [5, 5.41) is 3.05. The Hall–Kier alpha value is -1.25. The summed E-state index contributed by atoms with van der Waals surface area (Å²) in [6.45, 7) is 5.51. The lowest BCUT2D eigenvalue weighted by Crippen LogP contribution is -2.45. The smallest absolute Gasteiger partial charge is 0.314 e. The van der Waals surface area contributed by atoms with Gasteiger partial charge in [0, 0.05) is 26.2 Å². The van der Waals surface area contributed by atoms with Crippen LogP contribution in [0.2, 0.25) is 0 Å². The number of hydrogen-bond acceptors (Lipinski definition) is 2. The van der Waals surface area contributed by atoms with Crippen molar-refractivity contribution in [3.63, 3.8) is 0 Å². The molecule has 0 radical (unpaired) electrons. The Kier molecular flexibility index (Phi) is 6.72. The molecule has 0 unspecified atom stereocenters. The van der Waals surface area contributed by atoms with Gasteiger partial charge in [-0.05, 0) is 23.8 Å². The minimum Gasteiger partial charge on any atom is -0.314 e. The summed E-state index contributed by atoms with van der Waals surface area (Å²) in [7, 11) is 0. The molecule has 1 fully saturated rings. The van der Waals surface area contributed by atoms with E-state index in [1.165, 1.54) is 6.08 Å². The van der Waals surface area contributed by atoms with E-state index >= 15 is 0 Å². The molecule has 136 valence electrons. The van der Waals surface area contributed by atoms with Gasteiger partial charge in [0.15, 0.2) is 0 Å². The second-order valence-corrected chi connectivity index (χ2v) is 5.26. The van der Waals surface area contributed by atoms with Gasteiger partial charge in [0.2, 0.25) is 0 Å². The largest absolute Gasteiger partial charge is 0.416 e. The molecule has 0 saturated carbocycles. The number of hydrogen-bond donors (Lipinski definition) is 1. The van der Waals surface area contributed by atoms with Gasteiger partial charge in [-0.25, -0.2) is 0 Å². The molecule has 24 heavy (non-hydrogen) atoms. The second-order valence-electron chi connectivity index (χ2n) is 5.26. The summed E-state index contributed by atoms with van der Waals surface area (Å²) >= 11 is 0. The highest BCUT2D eigenvalue weighted by atomic mass is 35.5. The quantitative estimate of drug-likeness (QED) is 0.627. The van der Waals surface area contributed by atoms with E-state index in [1.807, 2.05) is 0 Å². The van der Waals surface area contributed by atoms with Crippen LogP contribution in [0.3, 0.4) is 0 Å². The number of nitrogens with zero attached hydrogens (tertiary/aromatic N) is 1. The van der Waals surface area contributed by atoms with Crippen molar-refractivity contribution in [3.05, 3.63) is 47.5 Å². The Morgan fingerprint density at radius 1 is 1.04 bits per heavy atom. The van der Waals surface area contributed by atoms with Crippen molar-refractivity contribution < 1.29 is 26.3 Å². The zero-order chi connectivity index (χ0) is 17.3. The first-order valence-corrected chi connectivity index (χ1v) is 7.00. The van der Waals surface area contributed by atoms with Crippen LogP contribution < -0.4 is 5.32 Å². The molecule has 0 amide bonds. The molecule has 2 rings (SSSR count). The van der Waals surface area contributed by atoms with Gasteiger partial charge in [0.05, 0.1) is 17.2 Å². The Balaban J connectivity index is 0.00000288. The normalized spacial score (nSPS) is 17.9. The van der Waals surface area contributed by atoms with Gasteiger partial charge in [-0.3, -0.25) is 4.90 Å². The number of alkyl halides is 6. The van der Waals surface area contributed by atoms with Gasteiger partial charge in [-0.15, -0.1) is 19.0 Å². The highest BCUT2D eigenvalue weighted by Gasteiger charge is 2.39. The highest BCUT2D eigenvalue weighted by molar-refractivity contribution is 5.85. The van der Waals surface area contributed by atoms with Crippen LogP contribution in [0, 0.1) is 0 Å². The number of piperazine rings is 1. The topological polar surface area (TPSA) is 15.3 Å². The number of benzene rings is 1. The van der Waals surface area contributed by atoms with E-state index in [-0.39, 0.29) is 12.4 Å². The predicted octanol–water partition coefficient (Wildman–Crippen LogP) is 4.28. The fourth-order valence-corrected chi connectivity index (χ4v) is 2.67. The molecule has 1 N–H and O–H groups in total. The van der Waals surface area contributed by atoms with E-state index in [1.54, 1.807) is 4.90 Å². The van der Waals surface area contributed by atoms with Crippen LogP contribution >= 0.6 is 12.4 Å². The van der Waals surface area contributed by atoms with Gasteiger partial charge >= 0.3 is 12.4 Å². The number of halogens is 7. The van der Waals surface area contributed by atoms with Crippen LogP contribution in [0.4, 0.5) is 26.3 Å². The van der Waals surface area contributed by atoms with E-state index in [0.717, 1.165) is 0 Å². The van der Waals surface area contributed by atoms with Gasteiger partial charge in [0.25, 0.3) is 0 Å². The van der Waals surface area contributed by atoms with Gasteiger partial charge in [0.1, 0.15) is 0 Å². The van der Waals surface area contributed by atoms with E-state index in [4.69, 9.17) is 0 Å². The fraction of sp³-hybridized carbons (Fsp3) is 0.467. The number of nitrogens with one attached hydrogen (secondary N) is 1. The summed E-state index contributed by atoms with van der Waals surface area (Å²) in [4.78, 5) is 1.69. The third kappa shape index (κ3) is 4.64. The van der Waals surface area contributed by atoms with Crippen LogP contribution in [-0.2, 0) is 12.4 Å². The first-order chi connectivity index (χ1) is 10.6. The molecule has 1 aromatic carbocycles. The standard InChI is InChI=1S/C15H16F6N2.ClH/c1-2-13(23-7-5-22-6-8-23)11-9-10(14(16,17)18)3-4-12(11)15(19,20)21;/h2-4,9,13,22H,1,5-8H2;1H/t13-;/m1./s1. The van der Waals surface area contributed by atoms with E-state index < -0.39 is 35.1 Å². The van der Waals surface area contributed by atoms with Crippen molar-refractivity contribution in [1.29, 1.82) is 0 Å².